The number of aliphatic hydroxyl groups excluding tert-OH is 1. The normalized spacial score (nSPS) is 24.4. The van der Waals surface area contributed by atoms with Gasteiger partial charge < -0.3 is 19.9 Å². The minimum absolute atomic E-state index is 0.0558. The van der Waals surface area contributed by atoms with Crippen LogP contribution in [0.15, 0.2) is 18.3 Å². The van der Waals surface area contributed by atoms with Gasteiger partial charge in [0.25, 0.3) is 0 Å². The molecule has 0 amide bonds. The average molecular weight is 224 g/mol. The number of ether oxygens (including phenoxy) is 2. The van der Waals surface area contributed by atoms with Gasteiger partial charge in [-0.05, 0) is 13.0 Å². The topological polar surface area (TPSA) is 63.6 Å². The first-order valence-corrected chi connectivity index (χ1v) is 5.41. The molecule has 1 fully saturated rings. The van der Waals surface area contributed by atoms with Crippen molar-refractivity contribution in [2.24, 2.45) is 0 Å². The van der Waals surface area contributed by atoms with Crippen molar-refractivity contribution < 1.29 is 14.6 Å². The standard InChI is InChI=1S/C11H16N2O3/c1-2-16-11-4-3-8(5-12-11)13-9-6-15-7-10(9)14/h3-5,9-10,13-14H,2,6-7H2,1H3. The van der Waals surface area contributed by atoms with Crippen LogP contribution in [0.5, 0.6) is 5.88 Å². The monoisotopic (exact) mass is 224 g/mol. The van der Waals surface area contributed by atoms with E-state index in [4.69, 9.17) is 9.47 Å². The summed E-state index contributed by atoms with van der Waals surface area (Å²) in [7, 11) is 0. The van der Waals surface area contributed by atoms with E-state index >= 15 is 0 Å². The fourth-order valence-electron chi connectivity index (χ4n) is 1.59. The fourth-order valence-corrected chi connectivity index (χ4v) is 1.59. The zero-order valence-corrected chi connectivity index (χ0v) is 9.22. The molecule has 16 heavy (non-hydrogen) atoms. The Hall–Kier alpha value is -1.33. The van der Waals surface area contributed by atoms with Gasteiger partial charge >= 0.3 is 0 Å². The Labute approximate surface area is 94.4 Å². The van der Waals surface area contributed by atoms with Crippen LogP contribution >= 0.6 is 0 Å². The van der Waals surface area contributed by atoms with Crippen LogP contribution in [0.2, 0.25) is 0 Å². The highest BCUT2D eigenvalue weighted by atomic mass is 16.5. The van der Waals surface area contributed by atoms with E-state index in [2.05, 4.69) is 10.3 Å². The highest BCUT2D eigenvalue weighted by Gasteiger charge is 2.25. The molecule has 88 valence electrons. The van der Waals surface area contributed by atoms with E-state index in [0.29, 0.717) is 25.7 Å². The summed E-state index contributed by atoms with van der Waals surface area (Å²) in [4.78, 5) is 4.13. The number of anilines is 1. The first-order valence-electron chi connectivity index (χ1n) is 5.41. The molecule has 5 heteroatoms. The van der Waals surface area contributed by atoms with Crippen LogP contribution in [0.25, 0.3) is 0 Å². The van der Waals surface area contributed by atoms with Gasteiger partial charge in [0.05, 0.1) is 43.9 Å². The Bertz CT molecular complexity index is 329. The summed E-state index contributed by atoms with van der Waals surface area (Å²) >= 11 is 0. The molecule has 0 bridgehead atoms. The molecule has 1 aliphatic rings. The summed E-state index contributed by atoms with van der Waals surface area (Å²) in [6, 6.07) is 3.62. The minimum atomic E-state index is -0.452. The second kappa shape index (κ2) is 5.14. The van der Waals surface area contributed by atoms with Crippen molar-refractivity contribution in [2.75, 3.05) is 25.1 Å². The lowest BCUT2D eigenvalue weighted by molar-refractivity contribution is 0.125. The Morgan fingerprint density at radius 3 is 3.00 bits per heavy atom. The first-order chi connectivity index (χ1) is 7.79. The predicted molar refractivity (Wildman–Crippen MR) is 59.6 cm³/mol. The second-order valence-corrected chi connectivity index (χ2v) is 3.67. The third kappa shape index (κ3) is 2.62. The quantitative estimate of drug-likeness (QED) is 0.786. The zero-order chi connectivity index (χ0) is 11.4. The number of aromatic nitrogens is 1. The molecule has 2 heterocycles. The summed E-state index contributed by atoms with van der Waals surface area (Å²) in [5, 5.41) is 12.7. The highest BCUT2D eigenvalue weighted by molar-refractivity contribution is 5.43. The molecule has 2 atom stereocenters. The van der Waals surface area contributed by atoms with Crippen molar-refractivity contribution in [3.05, 3.63) is 18.3 Å². The van der Waals surface area contributed by atoms with Crippen LogP contribution in [0, 0.1) is 0 Å². The molecule has 2 N–H and O–H groups in total. The Kier molecular flexibility index (Phi) is 3.58. The van der Waals surface area contributed by atoms with Crippen molar-refractivity contribution in [3.8, 4) is 5.88 Å². The van der Waals surface area contributed by atoms with E-state index in [9.17, 15) is 5.11 Å². The van der Waals surface area contributed by atoms with Crippen LogP contribution in [0.4, 0.5) is 5.69 Å². The number of hydrogen-bond donors (Lipinski definition) is 2. The van der Waals surface area contributed by atoms with Gasteiger partial charge in [-0.3, -0.25) is 0 Å². The van der Waals surface area contributed by atoms with E-state index in [0.717, 1.165) is 5.69 Å². The van der Waals surface area contributed by atoms with Crippen molar-refractivity contribution in [3.63, 3.8) is 0 Å². The van der Waals surface area contributed by atoms with E-state index in [1.807, 2.05) is 13.0 Å². The first kappa shape index (κ1) is 11.2. The van der Waals surface area contributed by atoms with Gasteiger partial charge in [-0.2, -0.15) is 0 Å². The molecule has 1 aromatic rings. The molecule has 0 saturated carbocycles. The molecule has 0 spiro atoms. The van der Waals surface area contributed by atoms with Crippen molar-refractivity contribution in [1.29, 1.82) is 0 Å². The van der Waals surface area contributed by atoms with Gasteiger partial charge in [-0.15, -0.1) is 0 Å². The number of pyridine rings is 1. The second-order valence-electron chi connectivity index (χ2n) is 3.67. The molecule has 0 aromatic carbocycles. The van der Waals surface area contributed by atoms with Crippen molar-refractivity contribution in [2.45, 2.75) is 19.1 Å². The van der Waals surface area contributed by atoms with Crippen LogP contribution in [-0.2, 0) is 4.74 Å². The number of rotatable bonds is 4. The van der Waals surface area contributed by atoms with Gasteiger partial charge in [0, 0.05) is 6.07 Å². The van der Waals surface area contributed by atoms with Gasteiger partial charge in [0.1, 0.15) is 0 Å². The Morgan fingerprint density at radius 2 is 2.44 bits per heavy atom. The third-order valence-corrected chi connectivity index (χ3v) is 2.43. The summed E-state index contributed by atoms with van der Waals surface area (Å²) in [6.45, 7) is 3.44. The SMILES string of the molecule is CCOc1ccc(NC2COCC2O)cn1. The summed E-state index contributed by atoms with van der Waals surface area (Å²) in [6.07, 6.45) is 1.24. The lowest BCUT2D eigenvalue weighted by atomic mass is 10.2. The largest absolute Gasteiger partial charge is 0.478 e. The lowest BCUT2D eigenvalue weighted by Gasteiger charge is -2.15. The molecule has 5 nitrogen and oxygen atoms in total. The van der Waals surface area contributed by atoms with Crippen LogP contribution in [0.3, 0.4) is 0 Å². The molecular weight excluding hydrogens is 208 g/mol. The summed E-state index contributed by atoms with van der Waals surface area (Å²) < 4.78 is 10.4. The van der Waals surface area contributed by atoms with E-state index < -0.39 is 6.10 Å². The maximum atomic E-state index is 9.56. The van der Waals surface area contributed by atoms with Crippen molar-refractivity contribution >= 4 is 5.69 Å². The van der Waals surface area contributed by atoms with Gasteiger partial charge in [0.2, 0.25) is 5.88 Å². The molecule has 2 unspecified atom stereocenters. The predicted octanol–water partition coefficient (Wildman–Crippen LogP) is 0.652. The number of aliphatic hydroxyl groups is 1. The number of nitrogens with zero attached hydrogens (tertiary/aromatic N) is 1. The van der Waals surface area contributed by atoms with E-state index in [1.54, 1.807) is 12.3 Å². The van der Waals surface area contributed by atoms with Gasteiger partial charge in [-0.25, -0.2) is 4.98 Å². The lowest BCUT2D eigenvalue weighted by Crippen LogP contribution is -2.31. The zero-order valence-electron chi connectivity index (χ0n) is 9.22. The fraction of sp³-hybridized carbons (Fsp3) is 0.545. The molecule has 0 radical (unpaired) electrons. The highest BCUT2D eigenvalue weighted by Crippen LogP contribution is 2.15. The van der Waals surface area contributed by atoms with Gasteiger partial charge in [-0.1, -0.05) is 0 Å². The number of hydrogen-bond acceptors (Lipinski definition) is 5. The molecule has 0 aliphatic carbocycles. The van der Waals surface area contributed by atoms with Crippen LogP contribution in [-0.4, -0.2) is 42.1 Å². The summed E-state index contributed by atoms with van der Waals surface area (Å²) in [5.74, 6) is 0.608. The Balaban J connectivity index is 1.94. The third-order valence-electron chi connectivity index (χ3n) is 2.43. The van der Waals surface area contributed by atoms with E-state index in [-0.39, 0.29) is 6.04 Å². The van der Waals surface area contributed by atoms with Crippen LogP contribution < -0.4 is 10.1 Å². The van der Waals surface area contributed by atoms with Gasteiger partial charge in [0.15, 0.2) is 0 Å². The molecule has 2 rings (SSSR count). The number of nitrogens with one attached hydrogen (secondary N) is 1. The maximum Gasteiger partial charge on any atom is 0.213 e. The molecule has 1 saturated heterocycles. The smallest absolute Gasteiger partial charge is 0.213 e. The average Bonchev–Trinajstić information content (AvgIpc) is 2.68. The molecular formula is C11H16N2O3. The Morgan fingerprint density at radius 1 is 1.56 bits per heavy atom. The maximum absolute atomic E-state index is 9.56. The van der Waals surface area contributed by atoms with Crippen molar-refractivity contribution in [1.82, 2.24) is 4.98 Å². The molecule has 1 aromatic heterocycles. The summed E-state index contributed by atoms with van der Waals surface area (Å²) in [5.41, 5.74) is 0.859. The molecule has 1 aliphatic heterocycles. The van der Waals surface area contributed by atoms with E-state index in [1.165, 1.54) is 0 Å². The minimum Gasteiger partial charge on any atom is -0.478 e. The van der Waals surface area contributed by atoms with Crippen LogP contribution in [0.1, 0.15) is 6.92 Å².